The fourth-order valence-electron chi connectivity index (χ4n) is 4.33. The molecular weight excluding hydrogens is 314 g/mol. The molecule has 2 aliphatic rings. The van der Waals surface area contributed by atoms with E-state index in [1.54, 1.807) is 6.20 Å². The lowest BCUT2D eigenvalue weighted by Crippen LogP contribution is -2.41. The van der Waals surface area contributed by atoms with Crippen LogP contribution in [0.3, 0.4) is 0 Å². The normalized spacial score (nSPS) is 22.3. The highest BCUT2D eigenvalue weighted by Gasteiger charge is 2.30. The van der Waals surface area contributed by atoms with E-state index >= 15 is 0 Å². The van der Waals surface area contributed by atoms with Crippen LogP contribution in [0.2, 0.25) is 0 Å². The predicted molar refractivity (Wildman–Crippen MR) is 95.6 cm³/mol. The maximum atomic E-state index is 13.1. The molecule has 1 amide bonds. The Bertz CT molecular complexity index is 728. The van der Waals surface area contributed by atoms with Gasteiger partial charge in [0.15, 0.2) is 0 Å². The number of nitrogens with zero attached hydrogens (tertiary/aromatic N) is 4. The Kier molecular flexibility index (Phi) is 4.59. The fraction of sp³-hybridized carbons (Fsp3) is 0.632. The third-order valence-electron chi connectivity index (χ3n) is 5.70. The maximum absolute atomic E-state index is 13.1. The number of carbonyl (C=O) groups excluding carboxylic acids is 1. The first kappa shape index (κ1) is 16.4. The minimum Gasteiger partial charge on any atom is -0.336 e. The molecule has 2 aromatic rings. The van der Waals surface area contributed by atoms with Crippen LogP contribution in [0.25, 0.3) is 0 Å². The van der Waals surface area contributed by atoms with Crippen LogP contribution in [0.15, 0.2) is 18.6 Å². The maximum Gasteiger partial charge on any atom is 0.257 e. The summed E-state index contributed by atoms with van der Waals surface area (Å²) in [6.45, 7) is 3.61. The van der Waals surface area contributed by atoms with Crippen LogP contribution in [-0.4, -0.2) is 43.9 Å². The van der Waals surface area contributed by atoms with Crippen LogP contribution in [0.4, 0.5) is 0 Å². The van der Waals surface area contributed by atoms with Crippen LogP contribution in [0, 0.1) is 6.92 Å². The highest BCUT2D eigenvalue weighted by molar-refractivity contribution is 5.95. The van der Waals surface area contributed by atoms with Gasteiger partial charge >= 0.3 is 0 Å². The molecule has 0 spiro atoms. The lowest BCUT2D eigenvalue weighted by molar-refractivity contribution is 0.0671. The molecule has 134 valence electrons. The van der Waals surface area contributed by atoms with E-state index in [1.165, 1.54) is 19.3 Å². The molecule has 1 N–H and O–H groups in total. The van der Waals surface area contributed by atoms with Crippen LogP contribution >= 0.6 is 0 Å². The van der Waals surface area contributed by atoms with Crippen molar-refractivity contribution in [3.8, 4) is 0 Å². The van der Waals surface area contributed by atoms with E-state index in [-0.39, 0.29) is 11.9 Å². The fourth-order valence-corrected chi connectivity index (χ4v) is 4.33. The minimum absolute atomic E-state index is 0.128. The Hall–Kier alpha value is -2.11. The molecule has 6 heteroatoms. The second-order valence-electron chi connectivity index (χ2n) is 7.58. The first-order chi connectivity index (χ1) is 12.2. The van der Waals surface area contributed by atoms with Crippen molar-refractivity contribution in [1.29, 1.82) is 0 Å². The van der Waals surface area contributed by atoms with Crippen molar-refractivity contribution in [3.63, 3.8) is 0 Å². The van der Waals surface area contributed by atoms with Gasteiger partial charge in [-0.05, 0) is 38.2 Å². The Morgan fingerprint density at radius 3 is 2.76 bits per heavy atom. The van der Waals surface area contributed by atoms with Crippen LogP contribution in [0.5, 0.6) is 0 Å². The van der Waals surface area contributed by atoms with Gasteiger partial charge in [-0.25, -0.2) is 0 Å². The molecule has 1 aliphatic carbocycles. The number of rotatable bonds is 3. The van der Waals surface area contributed by atoms with Gasteiger partial charge in [0.1, 0.15) is 0 Å². The van der Waals surface area contributed by atoms with E-state index in [4.69, 9.17) is 0 Å². The second-order valence-corrected chi connectivity index (χ2v) is 7.58. The molecule has 25 heavy (non-hydrogen) atoms. The smallest absolute Gasteiger partial charge is 0.257 e. The average molecular weight is 341 g/mol. The van der Waals surface area contributed by atoms with Gasteiger partial charge in [0.2, 0.25) is 0 Å². The zero-order chi connectivity index (χ0) is 17.2. The molecule has 1 saturated heterocycles. The molecule has 1 saturated carbocycles. The third kappa shape index (κ3) is 3.34. The Balaban J connectivity index is 1.50. The summed E-state index contributed by atoms with van der Waals surface area (Å²) in [5.41, 5.74) is 3.00. The second kappa shape index (κ2) is 7.02. The number of likely N-dealkylation sites (tertiary alicyclic amines) is 1. The number of hydrogen-bond acceptors (Lipinski definition) is 3. The number of aryl methyl sites for hydroxylation is 1. The predicted octanol–water partition coefficient (Wildman–Crippen LogP) is 3.44. The van der Waals surface area contributed by atoms with E-state index in [0.717, 1.165) is 55.6 Å². The van der Waals surface area contributed by atoms with E-state index in [1.807, 2.05) is 15.8 Å². The molecule has 0 radical (unpaired) electrons. The number of H-pyrrole nitrogens is 1. The van der Waals surface area contributed by atoms with Gasteiger partial charge in [-0.2, -0.15) is 10.2 Å². The third-order valence-corrected chi connectivity index (χ3v) is 5.70. The lowest BCUT2D eigenvalue weighted by atomic mass is 9.85. The van der Waals surface area contributed by atoms with Crippen molar-refractivity contribution in [2.45, 2.75) is 63.8 Å². The van der Waals surface area contributed by atoms with Crippen LogP contribution in [-0.2, 0) is 0 Å². The minimum atomic E-state index is 0.128. The van der Waals surface area contributed by atoms with Gasteiger partial charge in [-0.1, -0.05) is 19.3 Å². The van der Waals surface area contributed by atoms with E-state index in [0.29, 0.717) is 5.92 Å². The Labute approximate surface area is 148 Å². The van der Waals surface area contributed by atoms with E-state index in [2.05, 4.69) is 28.4 Å². The van der Waals surface area contributed by atoms with Crippen molar-refractivity contribution < 1.29 is 4.79 Å². The van der Waals surface area contributed by atoms with Crippen LogP contribution in [0.1, 0.15) is 78.5 Å². The zero-order valence-electron chi connectivity index (χ0n) is 14.9. The molecule has 4 rings (SSSR count). The highest BCUT2D eigenvalue weighted by atomic mass is 16.2. The van der Waals surface area contributed by atoms with Crippen molar-refractivity contribution in [2.75, 3.05) is 13.1 Å². The first-order valence-electron chi connectivity index (χ1n) is 9.55. The molecule has 0 bridgehead atoms. The molecular formula is C19H27N5O. The van der Waals surface area contributed by atoms with Crippen molar-refractivity contribution in [3.05, 3.63) is 35.4 Å². The van der Waals surface area contributed by atoms with E-state index in [9.17, 15) is 4.79 Å². The van der Waals surface area contributed by atoms with E-state index < -0.39 is 0 Å². The number of hydrogen-bond donors (Lipinski definition) is 1. The molecule has 2 aromatic heterocycles. The topological polar surface area (TPSA) is 66.8 Å². The summed E-state index contributed by atoms with van der Waals surface area (Å²) >= 11 is 0. The van der Waals surface area contributed by atoms with Crippen molar-refractivity contribution >= 4 is 5.91 Å². The lowest BCUT2D eigenvalue weighted by Gasteiger charge is -2.33. The molecule has 0 unspecified atom stereocenters. The van der Waals surface area contributed by atoms with Crippen LogP contribution < -0.4 is 0 Å². The molecule has 3 heterocycles. The summed E-state index contributed by atoms with van der Waals surface area (Å²) < 4.78 is 2.02. The summed E-state index contributed by atoms with van der Waals surface area (Å²) in [7, 11) is 0. The Morgan fingerprint density at radius 2 is 2.00 bits per heavy atom. The Morgan fingerprint density at radius 1 is 1.16 bits per heavy atom. The van der Waals surface area contributed by atoms with Gasteiger partial charge in [0, 0.05) is 25.2 Å². The quantitative estimate of drug-likeness (QED) is 0.930. The number of carbonyl (C=O) groups is 1. The standard InChI is InChI=1S/C19H27N5O/c1-14-10-21-24(12-14)16-8-5-9-23(13-16)19(25)17-11-20-22-18(17)15-6-3-2-4-7-15/h10-12,15-16H,2-9,13H2,1H3,(H,20,22)/t16-/m0/s1. The van der Waals surface area contributed by atoms with Gasteiger partial charge in [0.25, 0.3) is 5.91 Å². The van der Waals surface area contributed by atoms with Gasteiger partial charge < -0.3 is 4.90 Å². The largest absolute Gasteiger partial charge is 0.336 e. The SMILES string of the molecule is Cc1cnn([C@H]2CCCN(C(=O)c3cn[nH]c3C3CCCCC3)C2)c1. The van der Waals surface area contributed by atoms with Gasteiger partial charge in [-0.15, -0.1) is 0 Å². The summed E-state index contributed by atoms with van der Waals surface area (Å²) in [6.07, 6.45) is 13.9. The number of aromatic nitrogens is 4. The molecule has 6 nitrogen and oxygen atoms in total. The van der Waals surface area contributed by atoms with Crippen molar-refractivity contribution in [2.24, 2.45) is 0 Å². The van der Waals surface area contributed by atoms with Gasteiger partial charge in [0.05, 0.1) is 29.7 Å². The number of amides is 1. The highest BCUT2D eigenvalue weighted by Crippen LogP contribution is 2.34. The number of nitrogens with one attached hydrogen (secondary N) is 1. The monoisotopic (exact) mass is 341 g/mol. The summed E-state index contributed by atoms with van der Waals surface area (Å²) in [6, 6.07) is 0.274. The molecule has 1 atom stereocenters. The first-order valence-corrected chi connectivity index (χ1v) is 9.55. The number of aromatic amines is 1. The number of piperidine rings is 1. The summed E-state index contributed by atoms with van der Waals surface area (Å²) in [4.78, 5) is 15.1. The molecule has 1 aliphatic heterocycles. The average Bonchev–Trinajstić information content (AvgIpc) is 3.31. The molecule has 0 aromatic carbocycles. The molecule has 2 fully saturated rings. The summed E-state index contributed by atoms with van der Waals surface area (Å²) in [5.74, 6) is 0.590. The zero-order valence-corrected chi connectivity index (χ0v) is 14.9. The van der Waals surface area contributed by atoms with Gasteiger partial charge in [-0.3, -0.25) is 14.6 Å². The van der Waals surface area contributed by atoms with Crippen molar-refractivity contribution in [1.82, 2.24) is 24.9 Å². The summed E-state index contributed by atoms with van der Waals surface area (Å²) in [5, 5.41) is 11.8.